The van der Waals surface area contributed by atoms with Crippen LogP contribution in [0.2, 0.25) is 10.0 Å². The molecule has 134 valence electrons. The van der Waals surface area contributed by atoms with Gasteiger partial charge < -0.3 is 9.84 Å². The number of amides is 1. The Hall–Kier alpha value is -1.89. The average molecular weight is 455 g/mol. The summed E-state index contributed by atoms with van der Waals surface area (Å²) in [7, 11) is 0. The molecule has 0 saturated carbocycles. The maximum Gasteiger partial charge on any atom is 0.246 e. The van der Waals surface area contributed by atoms with Gasteiger partial charge >= 0.3 is 0 Å². The second-order valence-electron chi connectivity index (χ2n) is 5.55. The van der Waals surface area contributed by atoms with E-state index in [1.807, 2.05) is 30.3 Å². The normalized spacial score (nSPS) is 10.7. The summed E-state index contributed by atoms with van der Waals surface area (Å²) in [6, 6.07) is 12.9. The summed E-state index contributed by atoms with van der Waals surface area (Å²) in [6.45, 7) is 0.182. The summed E-state index contributed by atoms with van der Waals surface area (Å²) >= 11 is 15.3. The fraction of sp³-hybridized carbons (Fsp3) is 0.167. The number of carbonyl (C=O) groups excluding carboxylic acids is 1. The lowest BCUT2D eigenvalue weighted by Gasteiger charge is -2.04. The molecule has 0 bridgehead atoms. The molecule has 26 heavy (non-hydrogen) atoms. The molecule has 1 amide bonds. The highest BCUT2D eigenvalue weighted by molar-refractivity contribution is 9.10. The summed E-state index contributed by atoms with van der Waals surface area (Å²) in [4.78, 5) is 16.3. The highest BCUT2D eigenvalue weighted by atomic mass is 79.9. The number of aryl methyl sites for hydroxylation is 1. The molecule has 0 unspecified atom stereocenters. The molecule has 0 atom stereocenters. The number of halogens is 3. The van der Waals surface area contributed by atoms with Crippen molar-refractivity contribution in [3.8, 4) is 11.4 Å². The van der Waals surface area contributed by atoms with Crippen molar-refractivity contribution in [2.24, 2.45) is 0 Å². The second kappa shape index (κ2) is 8.66. The van der Waals surface area contributed by atoms with E-state index in [2.05, 4.69) is 31.4 Å². The van der Waals surface area contributed by atoms with Gasteiger partial charge in [-0.2, -0.15) is 4.98 Å². The van der Waals surface area contributed by atoms with Crippen LogP contribution in [-0.4, -0.2) is 16.0 Å². The molecule has 1 N–H and O–H groups in total. The van der Waals surface area contributed by atoms with Crippen LogP contribution < -0.4 is 5.32 Å². The summed E-state index contributed by atoms with van der Waals surface area (Å²) in [5, 5.41) is 7.68. The molecule has 1 aromatic heterocycles. The molecule has 3 aromatic rings. The van der Waals surface area contributed by atoms with Crippen molar-refractivity contribution in [1.29, 1.82) is 0 Å². The number of carbonyl (C=O) groups is 1. The number of nitrogens with one attached hydrogen (secondary N) is 1. The highest BCUT2D eigenvalue weighted by Gasteiger charge is 2.10. The smallest absolute Gasteiger partial charge is 0.246 e. The van der Waals surface area contributed by atoms with Gasteiger partial charge in [0.15, 0.2) is 0 Å². The van der Waals surface area contributed by atoms with Crippen molar-refractivity contribution in [2.45, 2.75) is 19.4 Å². The van der Waals surface area contributed by atoms with Crippen LogP contribution >= 0.6 is 39.1 Å². The first-order valence-corrected chi connectivity index (χ1v) is 9.35. The molecule has 5 nitrogen and oxygen atoms in total. The van der Waals surface area contributed by atoms with Crippen molar-refractivity contribution in [1.82, 2.24) is 15.5 Å². The Morgan fingerprint density at radius 2 is 2.00 bits per heavy atom. The largest absolute Gasteiger partial charge is 0.347 e. The standard InChI is InChI=1S/C18H14BrCl2N3O2/c19-13-3-1-2-12(9-13)18-23-17(26-24-18)10-22-16(25)7-5-11-4-6-14(20)15(21)8-11/h1-4,6,8-9H,5,7,10H2,(H,22,25). The van der Waals surface area contributed by atoms with Gasteiger partial charge in [-0.3, -0.25) is 4.79 Å². The van der Waals surface area contributed by atoms with Crippen molar-refractivity contribution in [3.05, 3.63) is 68.4 Å². The van der Waals surface area contributed by atoms with Crippen LogP contribution in [0.1, 0.15) is 17.9 Å². The fourth-order valence-corrected chi connectivity index (χ4v) is 3.01. The van der Waals surface area contributed by atoms with Gasteiger partial charge in [-0.15, -0.1) is 0 Å². The van der Waals surface area contributed by atoms with Gasteiger partial charge in [-0.25, -0.2) is 0 Å². The minimum absolute atomic E-state index is 0.113. The van der Waals surface area contributed by atoms with Gasteiger partial charge in [-0.05, 0) is 36.2 Å². The Morgan fingerprint density at radius 3 is 2.77 bits per heavy atom. The summed E-state index contributed by atoms with van der Waals surface area (Å²) < 4.78 is 6.11. The van der Waals surface area contributed by atoms with Crippen LogP contribution in [0.3, 0.4) is 0 Å². The molecule has 3 rings (SSSR count). The molecular weight excluding hydrogens is 441 g/mol. The quantitative estimate of drug-likeness (QED) is 0.565. The van der Waals surface area contributed by atoms with Crippen LogP contribution in [0, 0.1) is 0 Å². The molecule has 0 radical (unpaired) electrons. The predicted octanol–water partition coefficient (Wildman–Crippen LogP) is 5.05. The number of aromatic nitrogens is 2. The summed E-state index contributed by atoms with van der Waals surface area (Å²) in [5.74, 6) is 0.715. The monoisotopic (exact) mass is 453 g/mol. The van der Waals surface area contributed by atoms with Gasteiger partial charge in [0.1, 0.15) is 0 Å². The first-order chi connectivity index (χ1) is 12.5. The Kier molecular flexibility index (Phi) is 6.29. The fourth-order valence-electron chi connectivity index (χ4n) is 2.29. The van der Waals surface area contributed by atoms with Crippen LogP contribution in [-0.2, 0) is 17.8 Å². The highest BCUT2D eigenvalue weighted by Crippen LogP contribution is 2.23. The maximum absolute atomic E-state index is 12.0. The first kappa shape index (κ1) is 18.9. The molecular formula is C18H14BrCl2N3O2. The Morgan fingerprint density at radius 1 is 1.15 bits per heavy atom. The maximum atomic E-state index is 12.0. The predicted molar refractivity (Wildman–Crippen MR) is 104 cm³/mol. The van der Waals surface area contributed by atoms with Crippen molar-refractivity contribution < 1.29 is 9.32 Å². The lowest BCUT2D eigenvalue weighted by molar-refractivity contribution is -0.121. The number of rotatable bonds is 6. The van der Waals surface area contributed by atoms with Gasteiger partial charge in [0, 0.05) is 16.5 Å². The van der Waals surface area contributed by atoms with Gasteiger partial charge in [0.25, 0.3) is 0 Å². The average Bonchev–Trinajstić information content (AvgIpc) is 3.10. The third kappa shape index (κ3) is 5.06. The molecule has 1 heterocycles. The van der Waals surface area contributed by atoms with Gasteiger partial charge in [0.05, 0.1) is 16.6 Å². The van der Waals surface area contributed by atoms with Crippen molar-refractivity contribution in [2.75, 3.05) is 0 Å². The van der Waals surface area contributed by atoms with Crippen LogP contribution in [0.5, 0.6) is 0 Å². The molecule has 2 aromatic carbocycles. The summed E-state index contributed by atoms with van der Waals surface area (Å²) in [5.41, 5.74) is 1.78. The van der Waals surface area contributed by atoms with E-state index in [9.17, 15) is 4.79 Å². The third-order valence-corrected chi connectivity index (χ3v) is 4.84. The zero-order valence-corrected chi connectivity index (χ0v) is 16.6. The first-order valence-electron chi connectivity index (χ1n) is 7.80. The van der Waals surface area contributed by atoms with Gasteiger partial charge in [-0.1, -0.05) is 62.5 Å². The molecule has 0 saturated heterocycles. The minimum Gasteiger partial charge on any atom is -0.347 e. The molecule has 0 spiro atoms. The minimum atomic E-state index is -0.113. The van der Waals surface area contributed by atoms with Crippen LogP contribution in [0.25, 0.3) is 11.4 Å². The van der Waals surface area contributed by atoms with Crippen LogP contribution in [0.15, 0.2) is 51.5 Å². The third-order valence-electron chi connectivity index (χ3n) is 3.61. The van der Waals surface area contributed by atoms with E-state index in [0.29, 0.717) is 34.6 Å². The van der Waals surface area contributed by atoms with E-state index in [0.717, 1.165) is 15.6 Å². The SMILES string of the molecule is O=C(CCc1ccc(Cl)c(Cl)c1)NCc1nc(-c2cccc(Br)c2)no1. The number of nitrogens with zero attached hydrogens (tertiary/aromatic N) is 2. The van der Waals surface area contributed by atoms with Crippen molar-refractivity contribution >= 4 is 45.0 Å². The van der Waals surface area contributed by atoms with E-state index >= 15 is 0 Å². The van der Waals surface area contributed by atoms with Gasteiger partial charge in [0.2, 0.25) is 17.6 Å². The Labute approximate surface area is 168 Å². The topological polar surface area (TPSA) is 68.0 Å². The Balaban J connectivity index is 1.51. The lowest BCUT2D eigenvalue weighted by atomic mass is 10.1. The molecule has 0 aliphatic heterocycles. The molecule has 0 aliphatic carbocycles. The second-order valence-corrected chi connectivity index (χ2v) is 7.28. The van der Waals surface area contributed by atoms with Crippen LogP contribution in [0.4, 0.5) is 0 Å². The molecule has 0 fully saturated rings. The van der Waals surface area contributed by atoms with E-state index in [1.54, 1.807) is 12.1 Å². The number of benzene rings is 2. The van der Waals surface area contributed by atoms with Crippen molar-refractivity contribution in [3.63, 3.8) is 0 Å². The lowest BCUT2D eigenvalue weighted by Crippen LogP contribution is -2.23. The molecule has 8 heteroatoms. The zero-order chi connectivity index (χ0) is 18.5. The Bertz CT molecular complexity index is 930. The van der Waals surface area contributed by atoms with E-state index in [4.69, 9.17) is 27.7 Å². The zero-order valence-electron chi connectivity index (χ0n) is 13.5. The number of hydrogen-bond donors (Lipinski definition) is 1. The van der Waals surface area contributed by atoms with E-state index in [1.165, 1.54) is 0 Å². The summed E-state index contributed by atoms with van der Waals surface area (Å²) in [6.07, 6.45) is 0.889. The molecule has 0 aliphatic rings. The van der Waals surface area contributed by atoms with E-state index < -0.39 is 0 Å². The van der Waals surface area contributed by atoms with E-state index in [-0.39, 0.29) is 12.5 Å². The number of hydrogen-bond acceptors (Lipinski definition) is 4.